The van der Waals surface area contributed by atoms with Gasteiger partial charge in [-0.1, -0.05) is 0 Å². The van der Waals surface area contributed by atoms with Gasteiger partial charge >= 0.3 is 18.2 Å². The Morgan fingerprint density at radius 2 is 2.15 bits per heavy atom. The van der Waals surface area contributed by atoms with E-state index in [1.165, 1.54) is 21.9 Å². The Hall–Kier alpha value is -2.97. The summed E-state index contributed by atoms with van der Waals surface area (Å²) in [6.45, 7) is 6.25. The monoisotopic (exact) mass is 377 g/mol. The number of rotatable bonds is 3. The second-order valence-corrected chi connectivity index (χ2v) is 7.62. The first-order valence-corrected chi connectivity index (χ1v) is 8.70. The van der Waals surface area contributed by atoms with Crippen molar-refractivity contribution in [3.05, 3.63) is 18.2 Å². The predicted octanol–water partition coefficient (Wildman–Crippen LogP) is 3.27. The second-order valence-electron chi connectivity index (χ2n) is 7.62. The summed E-state index contributed by atoms with van der Waals surface area (Å²) < 4.78 is 11.1. The molecule has 0 radical (unpaired) electrons. The third-order valence-electron chi connectivity index (χ3n) is 4.20. The van der Waals surface area contributed by atoms with Gasteiger partial charge in [-0.2, -0.15) is 4.98 Å². The van der Waals surface area contributed by atoms with Gasteiger partial charge in [0.2, 0.25) is 0 Å². The fourth-order valence-corrected chi connectivity index (χ4v) is 2.98. The van der Waals surface area contributed by atoms with E-state index in [0.29, 0.717) is 30.6 Å². The number of hydrogen-bond acceptors (Lipinski definition) is 6. The van der Waals surface area contributed by atoms with Crippen LogP contribution in [0.5, 0.6) is 5.75 Å². The number of aromatic nitrogens is 1. The van der Waals surface area contributed by atoms with Gasteiger partial charge in [0.1, 0.15) is 16.9 Å². The lowest BCUT2D eigenvalue weighted by Gasteiger charge is -2.26. The highest BCUT2D eigenvalue weighted by molar-refractivity contribution is 5.87. The van der Waals surface area contributed by atoms with Gasteiger partial charge in [0.05, 0.1) is 0 Å². The molecule has 0 bridgehead atoms. The fraction of sp³-hybridized carbons (Fsp3) is 0.500. The molecule has 146 valence electrons. The molecule has 27 heavy (non-hydrogen) atoms. The summed E-state index contributed by atoms with van der Waals surface area (Å²) in [6, 6.07) is 4.54. The van der Waals surface area contributed by atoms with E-state index in [2.05, 4.69) is 4.98 Å². The van der Waals surface area contributed by atoms with Crippen molar-refractivity contribution in [3.8, 4) is 5.75 Å². The quantitative estimate of drug-likeness (QED) is 0.843. The summed E-state index contributed by atoms with van der Waals surface area (Å²) in [6.07, 6.45) is -0.960. The van der Waals surface area contributed by atoms with Gasteiger partial charge in [0.15, 0.2) is 5.58 Å². The average Bonchev–Trinajstić information content (AvgIpc) is 3.16. The molecule has 0 aliphatic carbocycles. The third kappa shape index (κ3) is 4.42. The summed E-state index contributed by atoms with van der Waals surface area (Å²) in [4.78, 5) is 30.8. The molecule has 0 spiro atoms. The minimum absolute atomic E-state index is 0.0295. The Balaban J connectivity index is 1.86. The molecule has 9 nitrogen and oxygen atoms in total. The lowest BCUT2D eigenvalue weighted by atomic mass is 10.1. The summed E-state index contributed by atoms with van der Waals surface area (Å²) >= 11 is 0. The molecular formula is C18H23N3O6. The van der Waals surface area contributed by atoms with Crippen molar-refractivity contribution in [1.29, 1.82) is 0 Å². The molecule has 2 heterocycles. The van der Waals surface area contributed by atoms with E-state index < -0.39 is 17.8 Å². The Morgan fingerprint density at radius 1 is 1.41 bits per heavy atom. The molecule has 2 aromatic rings. The van der Waals surface area contributed by atoms with Gasteiger partial charge < -0.3 is 24.3 Å². The molecule has 1 aliphatic heterocycles. The molecule has 9 heteroatoms. The first-order chi connectivity index (χ1) is 12.6. The normalized spacial score (nSPS) is 17.3. The number of nitrogens with zero attached hydrogens (tertiary/aromatic N) is 3. The van der Waals surface area contributed by atoms with Crippen LogP contribution in [-0.2, 0) is 4.74 Å². The zero-order valence-electron chi connectivity index (χ0n) is 15.5. The number of ether oxygens (including phenoxy) is 1. The summed E-state index contributed by atoms with van der Waals surface area (Å²) in [5.41, 5.74) is 0.134. The molecule has 1 fully saturated rings. The smallest absolute Gasteiger partial charge is 0.418 e. The molecule has 2 amide bonds. The van der Waals surface area contributed by atoms with Crippen LogP contribution in [-0.4, -0.2) is 57.5 Å². The number of hydrogen-bond donors (Lipinski definition) is 2. The van der Waals surface area contributed by atoms with E-state index in [4.69, 9.17) is 14.3 Å². The summed E-state index contributed by atoms with van der Waals surface area (Å²) in [5.74, 6) is -0.0288. The minimum atomic E-state index is -0.973. The Bertz CT molecular complexity index is 856. The molecule has 0 unspecified atom stereocenters. The number of aromatic hydroxyl groups is 1. The van der Waals surface area contributed by atoms with Crippen molar-refractivity contribution < 1.29 is 29.0 Å². The zero-order chi connectivity index (χ0) is 19.8. The highest BCUT2D eigenvalue weighted by Crippen LogP contribution is 2.28. The number of benzene rings is 1. The highest BCUT2D eigenvalue weighted by atomic mass is 16.6. The summed E-state index contributed by atoms with van der Waals surface area (Å²) in [5, 5.41) is 18.7. The van der Waals surface area contributed by atoms with Gasteiger partial charge in [-0.25, -0.2) is 14.5 Å². The van der Waals surface area contributed by atoms with E-state index in [9.17, 15) is 14.7 Å². The number of carboxylic acid groups (broad SMARTS) is 1. The molecule has 2 N–H and O–H groups in total. The van der Waals surface area contributed by atoms with Gasteiger partial charge in [-0.3, -0.25) is 0 Å². The lowest BCUT2D eigenvalue weighted by Crippen LogP contribution is -2.40. The molecular weight excluding hydrogens is 354 g/mol. The van der Waals surface area contributed by atoms with Gasteiger partial charge in [-0.15, -0.1) is 0 Å². The van der Waals surface area contributed by atoms with Gasteiger partial charge in [0.25, 0.3) is 0 Å². The van der Waals surface area contributed by atoms with Crippen molar-refractivity contribution in [1.82, 2.24) is 9.88 Å². The fourth-order valence-electron chi connectivity index (χ4n) is 2.98. The zero-order valence-corrected chi connectivity index (χ0v) is 15.5. The minimum Gasteiger partial charge on any atom is -0.508 e. The van der Waals surface area contributed by atoms with Crippen LogP contribution in [0.1, 0.15) is 27.2 Å². The molecule has 1 aliphatic rings. The standard InChI is InChI=1S/C18H23N3O6/c1-18(2,3)27-17(25)21(10-11-6-7-20(9-11)16(23)24)15-19-13-5-4-12(22)8-14(13)26-15/h4-5,8,11,22H,6-7,9-10H2,1-3H3,(H,23,24)/t11-/m0/s1. The maximum absolute atomic E-state index is 12.7. The van der Waals surface area contributed by atoms with Crippen molar-refractivity contribution in [2.45, 2.75) is 32.8 Å². The predicted molar refractivity (Wildman–Crippen MR) is 97.0 cm³/mol. The lowest BCUT2D eigenvalue weighted by molar-refractivity contribution is 0.0568. The first-order valence-electron chi connectivity index (χ1n) is 8.70. The Kier molecular flexibility index (Phi) is 4.86. The number of amides is 2. The third-order valence-corrected chi connectivity index (χ3v) is 4.20. The van der Waals surface area contributed by atoms with Crippen LogP contribution in [0.2, 0.25) is 0 Å². The molecule has 1 aromatic carbocycles. The largest absolute Gasteiger partial charge is 0.508 e. The van der Waals surface area contributed by atoms with E-state index >= 15 is 0 Å². The van der Waals surface area contributed by atoms with Crippen molar-refractivity contribution in [3.63, 3.8) is 0 Å². The molecule has 0 saturated carbocycles. The van der Waals surface area contributed by atoms with E-state index in [-0.39, 0.29) is 24.2 Å². The van der Waals surface area contributed by atoms with E-state index in [0.717, 1.165) is 0 Å². The Labute approximate surface area is 156 Å². The number of anilines is 1. The van der Waals surface area contributed by atoms with Gasteiger partial charge in [-0.05, 0) is 45.2 Å². The van der Waals surface area contributed by atoms with Crippen LogP contribution < -0.4 is 4.90 Å². The van der Waals surface area contributed by atoms with E-state index in [1.54, 1.807) is 26.8 Å². The van der Waals surface area contributed by atoms with Crippen LogP contribution in [0.3, 0.4) is 0 Å². The van der Waals surface area contributed by atoms with E-state index in [1.807, 2.05) is 0 Å². The number of phenolic OH excluding ortho intramolecular Hbond substituents is 1. The maximum Gasteiger partial charge on any atom is 0.418 e. The Morgan fingerprint density at radius 3 is 2.78 bits per heavy atom. The number of fused-ring (bicyclic) bond motifs is 1. The number of carbonyl (C=O) groups is 2. The van der Waals surface area contributed by atoms with Crippen molar-refractivity contribution in [2.75, 3.05) is 24.5 Å². The van der Waals surface area contributed by atoms with Crippen LogP contribution >= 0.6 is 0 Å². The number of phenols is 1. The molecule has 1 aromatic heterocycles. The number of oxazole rings is 1. The molecule has 1 saturated heterocycles. The van der Waals surface area contributed by atoms with Crippen LogP contribution in [0, 0.1) is 5.92 Å². The summed E-state index contributed by atoms with van der Waals surface area (Å²) in [7, 11) is 0. The van der Waals surface area contributed by atoms with Crippen LogP contribution in [0.4, 0.5) is 15.6 Å². The van der Waals surface area contributed by atoms with Crippen molar-refractivity contribution in [2.24, 2.45) is 5.92 Å². The average molecular weight is 377 g/mol. The SMILES string of the molecule is CC(C)(C)OC(=O)N(C[C@H]1CCN(C(=O)O)C1)c1nc2ccc(O)cc2o1. The maximum atomic E-state index is 12.7. The topological polar surface area (TPSA) is 116 Å². The number of carbonyl (C=O) groups excluding carboxylic acids is 1. The number of likely N-dealkylation sites (tertiary alicyclic amines) is 1. The molecule has 1 atom stereocenters. The molecule has 3 rings (SSSR count). The van der Waals surface area contributed by atoms with Crippen LogP contribution in [0.15, 0.2) is 22.6 Å². The van der Waals surface area contributed by atoms with Gasteiger partial charge in [0, 0.05) is 25.7 Å². The highest BCUT2D eigenvalue weighted by Gasteiger charge is 2.33. The van der Waals surface area contributed by atoms with Crippen molar-refractivity contribution >= 4 is 29.3 Å². The second kappa shape index (κ2) is 6.98. The van der Waals surface area contributed by atoms with Crippen LogP contribution in [0.25, 0.3) is 11.1 Å². The first kappa shape index (κ1) is 18.8.